The number of methoxy groups -OCH3 is 2. The lowest BCUT2D eigenvalue weighted by Gasteiger charge is -2.38. The predicted molar refractivity (Wildman–Crippen MR) is 67.7 cm³/mol. The zero-order chi connectivity index (χ0) is 13.3. The highest BCUT2D eigenvalue weighted by Gasteiger charge is 2.47. The van der Waals surface area contributed by atoms with Crippen molar-refractivity contribution in [2.45, 2.75) is 24.7 Å². The zero-order valence-electron chi connectivity index (χ0n) is 10.3. The highest BCUT2D eigenvalue weighted by molar-refractivity contribution is 6.32. The van der Waals surface area contributed by atoms with Gasteiger partial charge in [0, 0.05) is 11.1 Å². The molecule has 0 unspecified atom stereocenters. The van der Waals surface area contributed by atoms with E-state index in [1.807, 2.05) is 0 Å². The smallest absolute Gasteiger partial charge is 0.314 e. The van der Waals surface area contributed by atoms with Crippen LogP contribution in [-0.2, 0) is 10.2 Å². The largest absolute Gasteiger partial charge is 0.493 e. The molecule has 1 fully saturated rings. The lowest BCUT2D eigenvalue weighted by Crippen LogP contribution is -2.42. The van der Waals surface area contributed by atoms with Crippen LogP contribution in [0.5, 0.6) is 11.5 Å². The summed E-state index contributed by atoms with van der Waals surface area (Å²) in [4.78, 5) is 11.5. The van der Waals surface area contributed by atoms with Crippen molar-refractivity contribution in [3.05, 3.63) is 22.7 Å². The average molecular weight is 271 g/mol. The molecule has 1 N–H and O–H groups in total. The maximum absolute atomic E-state index is 11.5. The van der Waals surface area contributed by atoms with E-state index < -0.39 is 11.4 Å². The van der Waals surface area contributed by atoms with Crippen molar-refractivity contribution in [3.63, 3.8) is 0 Å². The summed E-state index contributed by atoms with van der Waals surface area (Å²) in [6, 6.07) is 3.28. The lowest BCUT2D eigenvalue weighted by atomic mass is 9.64. The van der Waals surface area contributed by atoms with Gasteiger partial charge < -0.3 is 14.6 Å². The summed E-state index contributed by atoms with van der Waals surface area (Å²) in [5, 5.41) is 9.83. The molecule has 0 bridgehead atoms. The van der Waals surface area contributed by atoms with Crippen molar-refractivity contribution in [2.24, 2.45) is 0 Å². The van der Waals surface area contributed by atoms with Gasteiger partial charge in [-0.05, 0) is 24.5 Å². The van der Waals surface area contributed by atoms with Crippen molar-refractivity contribution in [3.8, 4) is 11.5 Å². The standard InChI is InChI=1S/C13H15ClO4/c1-17-10-6-8(9(14)7-11(10)18-2)13(12(15)16)4-3-5-13/h6-7H,3-5H2,1-2H3,(H,15,16). The molecule has 0 radical (unpaired) electrons. The second-order valence-corrected chi connectivity index (χ2v) is 4.84. The Kier molecular flexibility index (Phi) is 3.39. The van der Waals surface area contributed by atoms with E-state index in [4.69, 9.17) is 21.1 Å². The van der Waals surface area contributed by atoms with Crippen LogP contribution < -0.4 is 9.47 Å². The van der Waals surface area contributed by atoms with Gasteiger partial charge in [0.05, 0.1) is 19.6 Å². The minimum Gasteiger partial charge on any atom is -0.493 e. The van der Waals surface area contributed by atoms with E-state index in [0.29, 0.717) is 34.9 Å². The lowest BCUT2D eigenvalue weighted by molar-refractivity contribution is -0.147. The first kappa shape index (κ1) is 13.0. The van der Waals surface area contributed by atoms with Crippen LogP contribution in [0.2, 0.25) is 5.02 Å². The maximum atomic E-state index is 11.5. The number of carbonyl (C=O) groups is 1. The average Bonchev–Trinajstić information content (AvgIpc) is 2.28. The molecule has 1 saturated carbocycles. The first-order valence-electron chi connectivity index (χ1n) is 5.70. The SMILES string of the molecule is COc1cc(Cl)c(C2(C(=O)O)CCC2)cc1OC. The molecule has 1 aliphatic rings. The number of carboxylic acid groups (broad SMARTS) is 1. The Morgan fingerprint density at radius 1 is 1.28 bits per heavy atom. The fourth-order valence-electron chi connectivity index (χ4n) is 2.35. The van der Waals surface area contributed by atoms with E-state index >= 15 is 0 Å². The Balaban J connectivity index is 2.54. The number of rotatable bonds is 4. The van der Waals surface area contributed by atoms with E-state index in [-0.39, 0.29) is 0 Å². The predicted octanol–water partition coefficient (Wildman–Crippen LogP) is 2.86. The Bertz CT molecular complexity index is 480. The molecule has 0 atom stereocenters. The van der Waals surface area contributed by atoms with Gasteiger partial charge in [0.2, 0.25) is 0 Å². The number of hydrogen-bond donors (Lipinski definition) is 1. The van der Waals surface area contributed by atoms with Gasteiger partial charge in [-0.2, -0.15) is 0 Å². The summed E-state index contributed by atoms with van der Waals surface area (Å²) in [6.07, 6.45) is 2.12. The monoisotopic (exact) mass is 270 g/mol. The number of halogens is 1. The Morgan fingerprint density at radius 3 is 2.22 bits per heavy atom. The molecular formula is C13H15ClO4. The molecule has 5 heteroatoms. The molecule has 18 heavy (non-hydrogen) atoms. The molecule has 1 aromatic rings. The summed E-state index contributed by atoms with van der Waals surface area (Å²) < 4.78 is 10.3. The van der Waals surface area contributed by atoms with Crippen LogP contribution in [0.1, 0.15) is 24.8 Å². The quantitative estimate of drug-likeness (QED) is 0.914. The second kappa shape index (κ2) is 4.69. The van der Waals surface area contributed by atoms with E-state index in [0.717, 1.165) is 6.42 Å². The van der Waals surface area contributed by atoms with Crippen LogP contribution in [0.3, 0.4) is 0 Å². The third kappa shape index (κ3) is 1.81. The Labute approximate surface area is 110 Å². The molecule has 98 valence electrons. The Morgan fingerprint density at radius 2 is 1.83 bits per heavy atom. The Hall–Kier alpha value is -1.42. The molecule has 0 aliphatic heterocycles. The van der Waals surface area contributed by atoms with Crippen LogP contribution in [-0.4, -0.2) is 25.3 Å². The first-order chi connectivity index (χ1) is 8.55. The fourth-order valence-corrected chi connectivity index (χ4v) is 2.68. The molecule has 0 amide bonds. The van der Waals surface area contributed by atoms with Crippen LogP contribution in [0.15, 0.2) is 12.1 Å². The van der Waals surface area contributed by atoms with Gasteiger partial charge in [0.1, 0.15) is 0 Å². The third-order valence-electron chi connectivity index (χ3n) is 3.61. The molecule has 1 aromatic carbocycles. The molecule has 0 spiro atoms. The van der Waals surface area contributed by atoms with Crippen molar-refractivity contribution in [1.82, 2.24) is 0 Å². The number of hydrogen-bond acceptors (Lipinski definition) is 3. The number of ether oxygens (including phenoxy) is 2. The van der Waals surface area contributed by atoms with Gasteiger partial charge in [-0.15, -0.1) is 0 Å². The van der Waals surface area contributed by atoms with E-state index in [1.165, 1.54) is 14.2 Å². The molecular weight excluding hydrogens is 256 g/mol. The van der Waals surface area contributed by atoms with Crippen molar-refractivity contribution in [1.29, 1.82) is 0 Å². The van der Waals surface area contributed by atoms with Gasteiger partial charge in [0.25, 0.3) is 0 Å². The second-order valence-electron chi connectivity index (χ2n) is 4.43. The molecule has 0 aromatic heterocycles. The summed E-state index contributed by atoms with van der Waals surface area (Å²) in [7, 11) is 3.04. The van der Waals surface area contributed by atoms with Crippen molar-refractivity contribution < 1.29 is 19.4 Å². The first-order valence-corrected chi connectivity index (χ1v) is 6.08. The van der Waals surface area contributed by atoms with Gasteiger partial charge in [-0.1, -0.05) is 18.0 Å². The van der Waals surface area contributed by atoms with Crippen LogP contribution in [0.4, 0.5) is 0 Å². The summed E-state index contributed by atoms with van der Waals surface area (Å²) in [5.41, 5.74) is -0.253. The minimum atomic E-state index is -0.864. The number of carboxylic acids is 1. The van der Waals surface area contributed by atoms with Gasteiger partial charge in [0.15, 0.2) is 11.5 Å². The minimum absolute atomic E-state index is 0.412. The highest BCUT2D eigenvalue weighted by Crippen LogP contribution is 2.49. The summed E-state index contributed by atoms with van der Waals surface area (Å²) in [6.45, 7) is 0. The summed E-state index contributed by atoms with van der Waals surface area (Å²) in [5.74, 6) is 0.179. The molecule has 2 rings (SSSR count). The molecule has 0 saturated heterocycles. The van der Waals surface area contributed by atoms with Gasteiger partial charge in [-0.3, -0.25) is 4.79 Å². The normalized spacial score (nSPS) is 16.8. The highest BCUT2D eigenvalue weighted by atomic mass is 35.5. The number of benzene rings is 1. The van der Waals surface area contributed by atoms with Crippen LogP contribution >= 0.6 is 11.6 Å². The third-order valence-corrected chi connectivity index (χ3v) is 3.92. The molecule has 4 nitrogen and oxygen atoms in total. The molecule has 0 heterocycles. The molecule has 1 aliphatic carbocycles. The van der Waals surface area contributed by atoms with Crippen molar-refractivity contribution in [2.75, 3.05) is 14.2 Å². The summed E-state index contributed by atoms with van der Waals surface area (Å²) >= 11 is 6.18. The van der Waals surface area contributed by atoms with E-state index in [2.05, 4.69) is 0 Å². The van der Waals surface area contributed by atoms with E-state index in [9.17, 15) is 9.90 Å². The topological polar surface area (TPSA) is 55.8 Å². The van der Waals surface area contributed by atoms with Gasteiger partial charge >= 0.3 is 5.97 Å². The number of aliphatic carboxylic acids is 1. The zero-order valence-corrected chi connectivity index (χ0v) is 11.1. The van der Waals surface area contributed by atoms with Crippen molar-refractivity contribution >= 4 is 17.6 Å². The van der Waals surface area contributed by atoms with Crippen LogP contribution in [0, 0.1) is 0 Å². The fraction of sp³-hybridized carbons (Fsp3) is 0.462. The van der Waals surface area contributed by atoms with Gasteiger partial charge in [-0.25, -0.2) is 0 Å². The van der Waals surface area contributed by atoms with E-state index in [1.54, 1.807) is 12.1 Å². The maximum Gasteiger partial charge on any atom is 0.314 e. The van der Waals surface area contributed by atoms with Crippen LogP contribution in [0.25, 0.3) is 0 Å².